The van der Waals surface area contributed by atoms with Gasteiger partial charge in [0.2, 0.25) is 0 Å². The quantitative estimate of drug-likeness (QED) is 0.399. The lowest BCUT2D eigenvalue weighted by molar-refractivity contribution is 0.177. The Morgan fingerprint density at radius 3 is 2.21 bits per heavy atom. The SMILES string of the molecule is CCCN(Cc1ccccc1)C(C)CCC(C#N)(c1ccc(Br)cc1)C(C)C. The van der Waals surface area contributed by atoms with Crippen LogP contribution in [0.2, 0.25) is 0 Å². The van der Waals surface area contributed by atoms with Gasteiger partial charge in [-0.2, -0.15) is 5.26 Å². The molecule has 0 aromatic heterocycles. The fourth-order valence-corrected chi connectivity index (χ4v) is 4.21. The van der Waals surface area contributed by atoms with Crippen molar-refractivity contribution in [2.45, 2.75) is 65.0 Å². The Kier molecular flexibility index (Phi) is 8.73. The molecule has 2 aromatic rings. The smallest absolute Gasteiger partial charge is 0.0845 e. The van der Waals surface area contributed by atoms with Crippen LogP contribution < -0.4 is 0 Å². The molecule has 0 N–H and O–H groups in total. The molecule has 0 spiro atoms. The van der Waals surface area contributed by atoms with Gasteiger partial charge in [0.15, 0.2) is 0 Å². The predicted octanol–water partition coefficient (Wildman–Crippen LogP) is 6.95. The summed E-state index contributed by atoms with van der Waals surface area (Å²) in [6.07, 6.45) is 3.02. The summed E-state index contributed by atoms with van der Waals surface area (Å²) < 4.78 is 1.05. The number of benzene rings is 2. The standard InChI is InChI=1S/C25H33BrN2/c1-5-17-28(18-22-9-7-6-8-10-22)21(4)15-16-25(19-27,20(2)3)23-11-13-24(26)14-12-23/h6-14,20-21H,5,15-18H2,1-4H3. The van der Waals surface area contributed by atoms with Crippen molar-refractivity contribution in [3.8, 4) is 6.07 Å². The summed E-state index contributed by atoms with van der Waals surface area (Å²) in [4.78, 5) is 2.55. The maximum atomic E-state index is 10.2. The van der Waals surface area contributed by atoms with Crippen LogP contribution in [0.1, 0.15) is 58.1 Å². The molecule has 0 amide bonds. The molecule has 2 unspecified atom stereocenters. The molecule has 2 nitrogen and oxygen atoms in total. The Labute approximate surface area is 179 Å². The molecule has 0 saturated carbocycles. The fraction of sp³-hybridized carbons (Fsp3) is 0.480. The van der Waals surface area contributed by atoms with Gasteiger partial charge in [-0.1, -0.05) is 79.2 Å². The van der Waals surface area contributed by atoms with Gasteiger partial charge in [-0.15, -0.1) is 0 Å². The van der Waals surface area contributed by atoms with E-state index in [-0.39, 0.29) is 5.92 Å². The molecule has 0 aliphatic rings. The Morgan fingerprint density at radius 2 is 1.68 bits per heavy atom. The molecule has 0 fully saturated rings. The zero-order chi connectivity index (χ0) is 20.6. The number of halogens is 1. The van der Waals surface area contributed by atoms with Crippen molar-refractivity contribution in [2.24, 2.45) is 5.92 Å². The van der Waals surface area contributed by atoms with Gasteiger partial charge >= 0.3 is 0 Å². The summed E-state index contributed by atoms with van der Waals surface area (Å²) in [6, 6.07) is 22.1. The van der Waals surface area contributed by atoms with E-state index in [9.17, 15) is 5.26 Å². The molecule has 0 bridgehead atoms. The highest BCUT2D eigenvalue weighted by molar-refractivity contribution is 9.10. The van der Waals surface area contributed by atoms with Gasteiger partial charge in [0.05, 0.1) is 11.5 Å². The lowest BCUT2D eigenvalue weighted by Crippen LogP contribution is -2.37. The van der Waals surface area contributed by atoms with Crippen LogP contribution in [0.25, 0.3) is 0 Å². The van der Waals surface area contributed by atoms with Crippen molar-refractivity contribution in [1.82, 2.24) is 4.90 Å². The van der Waals surface area contributed by atoms with Crippen LogP contribution in [0.5, 0.6) is 0 Å². The van der Waals surface area contributed by atoms with Gasteiger partial charge in [-0.25, -0.2) is 0 Å². The first-order valence-electron chi connectivity index (χ1n) is 10.4. The predicted molar refractivity (Wildman–Crippen MR) is 122 cm³/mol. The average molecular weight is 441 g/mol. The maximum absolute atomic E-state index is 10.2. The minimum absolute atomic E-state index is 0.264. The van der Waals surface area contributed by atoms with Gasteiger partial charge < -0.3 is 0 Å². The lowest BCUT2D eigenvalue weighted by Gasteiger charge is -2.35. The van der Waals surface area contributed by atoms with E-state index in [0.717, 1.165) is 42.4 Å². The highest BCUT2D eigenvalue weighted by Crippen LogP contribution is 2.38. The van der Waals surface area contributed by atoms with Crippen LogP contribution >= 0.6 is 15.9 Å². The molecule has 2 aromatic carbocycles. The summed E-state index contributed by atoms with van der Waals surface area (Å²) in [5.41, 5.74) is 2.04. The molecular formula is C25H33BrN2. The lowest BCUT2D eigenvalue weighted by atomic mass is 9.69. The van der Waals surface area contributed by atoms with E-state index in [1.54, 1.807) is 0 Å². The first-order valence-corrected chi connectivity index (χ1v) is 11.2. The highest BCUT2D eigenvalue weighted by Gasteiger charge is 2.36. The molecule has 2 atom stereocenters. The van der Waals surface area contributed by atoms with Crippen LogP contribution in [0.3, 0.4) is 0 Å². The Morgan fingerprint density at radius 1 is 1.04 bits per heavy atom. The van der Waals surface area contributed by atoms with Gasteiger partial charge in [0.25, 0.3) is 0 Å². The van der Waals surface area contributed by atoms with E-state index >= 15 is 0 Å². The molecule has 0 heterocycles. The first-order chi connectivity index (χ1) is 13.4. The zero-order valence-electron chi connectivity index (χ0n) is 17.7. The second-order valence-corrected chi connectivity index (χ2v) is 9.00. The van der Waals surface area contributed by atoms with Crippen molar-refractivity contribution in [3.05, 3.63) is 70.2 Å². The van der Waals surface area contributed by atoms with E-state index < -0.39 is 5.41 Å². The number of nitrogens with zero attached hydrogens (tertiary/aromatic N) is 2. The summed E-state index contributed by atoms with van der Waals surface area (Å²) in [5, 5.41) is 10.2. The van der Waals surface area contributed by atoms with Gasteiger partial charge in [0, 0.05) is 17.1 Å². The van der Waals surface area contributed by atoms with Crippen LogP contribution in [0.15, 0.2) is 59.1 Å². The summed E-state index contributed by atoms with van der Waals surface area (Å²) in [7, 11) is 0. The minimum atomic E-state index is -0.445. The van der Waals surface area contributed by atoms with E-state index in [1.807, 2.05) is 12.1 Å². The van der Waals surface area contributed by atoms with E-state index in [0.29, 0.717) is 6.04 Å². The third-order valence-electron chi connectivity index (χ3n) is 5.86. The van der Waals surface area contributed by atoms with Crippen molar-refractivity contribution in [1.29, 1.82) is 5.26 Å². The van der Waals surface area contributed by atoms with Crippen LogP contribution in [-0.2, 0) is 12.0 Å². The third-order valence-corrected chi connectivity index (χ3v) is 6.39. The monoisotopic (exact) mass is 440 g/mol. The molecule has 0 radical (unpaired) electrons. The fourth-order valence-electron chi connectivity index (χ4n) is 3.94. The molecule has 3 heteroatoms. The van der Waals surface area contributed by atoms with Gasteiger partial charge in [-0.3, -0.25) is 4.90 Å². The van der Waals surface area contributed by atoms with E-state index in [1.165, 1.54) is 5.56 Å². The molecule has 150 valence electrons. The van der Waals surface area contributed by atoms with Crippen LogP contribution in [0.4, 0.5) is 0 Å². The number of rotatable bonds is 10. The topological polar surface area (TPSA) is 27.0 Å². The summed E-state index contributed by atoms with van der Waals surface area (Å²) >= 11 is 3.51. The average Bonchev–Trinajstić information content (AvgIpc) is 2.70. The largest absolute Gasteiger partial charge is 0.296 e. The van der Waals surface area contributed by atoms with Crippen molar-refractivity contribution in [2.75, 3.05) is 6.54 Å². The molecular weight excluding hydrogens is 408 g/mol. The Bertz CT molecular complexity index is 748. The third kappa shape index (κ3) is 5.69. The molecule has 0 aliphatic heterocycles. The highest BCUT2D eigenvalue weighted by atomic mass is 79.9. The molecule has 2 rings (SSSR count). The van der Waals surface area contributed by atoms with Crippen molar-refractivity contribution in [3.63, 3.8) is 0 Å². The second kappa shape index (κ2) is 10.8. The maximum Gasteiger partial charge on any atom is 0.0845 e. The molecule has 0 aliphatic carbocycles. The minimum Gasteiger partial charge on any atom is -0.296 e. The van der Waals surface area contributed by atoms with Gasteiger partial charge in [0.1, 0.15) is 0 Å². The van der Waals surface area contributed by atoms with Gasteiger partial charge in [-0.05, 0) is 61.9 Å². The summed E-state index contributed by atoms with van der Waals surface area (Å²) in [6.45, 7) is 10.9. The van der Waals surface area contributed by atoms with E-state index in [4.69, 9.17) is 0 Å². The number of hydrogen-bond acceptors (Lipinski definition) is 2. The first kappa shape index (κ1) is 22.7. The van der Waals surface area contributed by atoms with E-state index in [2.05, 4.69) is 97.1 Å². The Balaban J connectivity index is 2.15. The normalized spacial score (nSPS) is 14.6. The van der Waals surface area contributed by atoms with Crippen molar-refractivity contribution >= 4 is 15.9 Å². The van der Waals surface area contributed by atoms with Crippen LogP contribution in [0, 0.1) is 17.2 Å². The Hall–Kier alpha value is -1.63. The molecule has 0 saturated heterocycles. The summed E-state index contributed by atoms with van der Waals surface area (Å²) in [5.74, 6) is 0.264. The number of nitriles is 1. The number of hydrogen-bond donors (Lipinski definition) is 0. The van der Waals surface area contributed by atoms with Crippen LogP contribution in [-0.4, -0.2) is 17.5 Å². The van der Waals surface area contributed by atoms with Crippen molar-refractivity contribution < 1.29 is 0 Å². The molecule has 28 heavy (non-hydrogen) atoms. The zero-order valence-corrected chi connectivity index (χ0v) is 19.2. The second-order valence-electron chi connectivity index (χ2n) is 8.09.